The van der Waals surface area contributed by atoms with Crippen molar-refractivity contribution in [2.45, 2.75) is 44.1 Å². The maximum Gasteiger partial charge on any atom is 0.231 e. The fourth-order valence-corrected chi connectivity index (χ4v) is 3.77. The summed E-state index contributed by atoms with van der Waals surface area (Å²) in [4.78, 5) is 14.0. The van der Waals surface area contributed by atoms with E-state index in [2.05, 4.69) is 12.2 Å². The first-order valence-corrected chi connectivity index (χ1v) is 8.65. The summed E-state index contributed by atoms with van der Waals surface area (Å²) in [5.41, 5.74) is -0.122. The fraction of sp³-hybridized carbons (Fsp3) is 0.389. The highest BCUT2D eigenvalue weighted by Crippen LogP contribution is 2.49. The Morgan fingerprint density at radius 2 is 2.09 bits per heavy atom. The van der Waals surface area contributed by atoms with Crippen molar-refractivity contribution in [1.29, 1.82) is 0 Å². The molecule has 1 unspecified atom stereocenters. The van der Waals surface area contributed by atoms with Crippen molar-refractivity contribution in [2.75, 3.05) is 0 Å². The molecular weight excluding hydrogens is 297 g/mol. The first-order valence-electron chi connectivity index (χ1n) is 7.77. The van der Waals surface area contributed by atoms with Gasteiger partial charge in [0, 0.05) is 10.4 Å². The number of benzene rings is 1. The van der Waals surface area contributed by atoms with Crippen molar-refractivity contribution >= 4 is 17.2 Å². The van der Waals surface area contributed by atoms with Crippen molar-refractivity contribution in [1.82, 2.24) is 5.32 Å². The number of rotatable bonds is 6. The van der Waals surface area contributed by atoms with Gasteiger partial charge in [0.25, 0.3) is 0 Å². The maximum absolute atomic E-state index is 14.1. The van der Waals surface area contributed by atoms with E-state index in [4.69, 9.17) is 0 Å². The SMILES string of the molecule is CCCC(NC(=O)C1(c2ccccc2F)CC1)c1cccs1. The smallest absolute Gasteiger partial charge is 0.231 e. The molecule has 1 N–H and O–H groups in total. The summed E-state index contributed by atoms with van der Waals surface area (Å²) >= 11 is 1.65. The Balaban J connectivity index is 1.80. The Morgan fingerprint density at radius 1 is 1.32 bits per heavy atom. The number of carbonyl (C=O) groups is 1. The zero-order valence-electron chi connectivity index (χ0n) is 12.6. The second-order valence-electron chi connectivity index (χ2n) is 5.89. The van der Waals surface area contributed by atoms with E-state index in [9.17, 15) is 9.18 Å². The molecule has 1 atom stereocenters. The molecule has 1 saturated carbocycles. The highest BCUT2D eigenvalue weighted by Gasteiger charge is 2.53. The normalized spacial score (nSPS) is 17.0. The minimum Gasteiger partial charge on any atom is -0.348 e. The van der Waals surface area contributed by atoms with E-state index in [1.165, 1.54) is 10.9 Å². The third-order valence-electron chi connectivity index (χ3n) is 4.34. The molecule has 2 nitrogen and oxygen atoms in total. The monoisotopic (exact) mass is 317 g/mol. The minimum absolute atomic E-state index is 0.0294. The molecule has 0 spiro atoms. The maximum atomic E-state index is 14.1. The van der Waals surface area contributed by atoms with Crippen LogP contribution in [0.3, 0.4) is 0 Å². The molecule has 2 aromatic rings. The molecule has 0 aliphatic heterocycles. The van der Waals surface area contributed by atoms with Gasteiger partial charge >= 0.3 is 0 Å². The number of thiophene rings is 1. The summed E-state index contributed by atoms with van der Waals surface area (Å²) in [5, 5.41) is 5.18. The molecule has 4 heteroatoms. The van der Waals surface area contributed by atoms with Crippen molar-refractivity contribution in [3.63, 3.8) is 0 Å². The van der Waals surface area contributed by atoms with E-state index >= 15 is 0 Å². The lowest BCUT2D eigenvalue weighted by Crippen LogP contribution is -2.37. The number of halogens is 1. The standard InChI is InChI=1S/C18H20FNOS/c1-2-6-15(16-9-5-12-22-16)20-17(21)18(10-11-18)13-7-3-4-8-14(13)19/h3-5,7-9,12,15H,2,6,10-11H2,1H3,(H,20,21). The van der Waals surface area contributed by atoms with E-state index < -0.39 is 5.41 Å². The molecule has 1 aromatic carbocycles. The van der Waals surface area contributed by atoms with Gasteiger partial charge in [0.2, 0.25) is 5.91 Å². The second kappa shape index (κ2) is 6.21. The Labute approximate surface area is 134 Å². The van der Waals surface area contributed by atoms with Crippen LogP contribution in [0.15, 0.2) is 41.8 Å². The van der Waals surface area contributed by atoms with Gasteiger partial charge in [-0.2, -0.15) is 0 Å². The molecule has 1 aliphatic rings. The zero-order chi connectivity index (χ0) is 15.6. The van der Waals surface area contributed by atoms with E-state index in [-0.39, 0.29) is 17.8 Å². The van der Waals surface area contributed by atoms with Crippen molar-refractivity contribution < 1.29 is 9.18 Å². The summed E-state index contributed by atoms with van der Waals surface area (Å²) in [6.45, 7) is 2.11. The molecule has 1 fully saturated rings. The van der Waals surface area contributed by atoms with Crippen LogP contribution in [-0.2, 0) is 10.2 Å². The fourth-order valence-electron chi connectivity index (χ4n) is 2.95. The van der Waals surface area contributed by atoms with Gasteiger partial charge < -0.3 is 5.32 Å². The summed E-state index contributed by atoms with van der Waals surface area (Å²) in [6.07, 6.45) is 3.35. The molecular formula is C18H20FNOS. The molecule has 1 amide bonds. The number of amides is 1. The topological polar surface area (TPSA) is 29.1 Å². The third kappa shape index (κ3) is 2.80. The number of hydrogen-bond donors (Lipinski definition) is 1. The molecule has 3 rings (SSSR count). The van der Waals surface area contributed by atoms with Crippen LogP contribution in [-0.4, -0.2) is 5.91 Å². The van der Waals surface area contributed by atoms with E-state index in [0.29, 0.717) is 5.56 Å². The molecule has 0 radical (unpaired) electrons. The second-order valence-corrected chi connectivity index (χ2v) is 6.87. The largest absolute Gasteiger partial charge is 0.348 e. The lowest BCUT2D eigenvalue weighted by Gasteiger charge is -2.22. The molecule has 1 aliphatic carbocycles. The van der Waals surface area contributed by atoms with E-state index in [1.54, 1.807) is 29.5 Å². The average Bonchev–Trinajstić information content (AvgIpc) is 3.14. The molecule has 0 saturated heterocycles. The van der Waals surface area contributed by atoms with Gasteiger partial charge in [-0.25, -0.2) is 4.39 Å². The van der Waals surface area contributed by atoms with Crippen LogP contribution in [0.4, 0.5) is 4.39 Å². The van der Waals surface area contributed by atoms with Gasteiger partial charge in [-0.15, -0.1) is 11.3 Å². The number of nitrogens with one attached hydrogen (secondary N) is 1. The lowest BCUT2D eigenvalue weighted by molar-refractivity contribution is -0.124. The van der Waals surface area contributed by atoms with Crippen LogP contribution in [0, 0.1) is 5.82 Å². The van der Waals surface area contributed by atoms with Crippen LogP contribution in [0.25, 0.3) is 0 Å². The minimum atomic E-state index is -0.658. The summed E-state index contributed by atoms with van der Waals surface area (Å²) in [6, 6.07) is 10.7. The van der Waals surface area contributed by atoms with Crippen LogP contribution >= 0.6 is 11.3 Å². The first kappa shape index (κ1) is 15.2. The van der Waals surface area contributed by atoms with Crippen LogP contribution in [0.1, 0.15) is 49.1 Å². The van der Waals surface area contributed by atoms with Gasteiger partial charge in [0.15, 0.2) is 0 Å². The van der Waals surface area contributed by atoms with Crippen molar-refractivity contribution in [3.8, 4) is 0 Å². The average molecular weight is 317 g/mol. The van der Waals surface area contributed by atoms with Crippen LogP contribution in [0.2, 0.25) is 0 Å². The molecule has 22 heavy (non-hydrogen) atoms. The van der Waals surface area contributed by atoms with Gasteiger partial charge in [-0.3, -0.25) is 4.79 Å². The molecule has 1 heterocycles. The molecule has 0 bridgehead atoms. The van der Waals surface area contributed by atoms with Gasteiger partial charge in [-0.1, -0.05) is 37.6 Å². The Morgan fingerprint density at radius 3 is 2.68 bits per heavy atom. The third-order valence-corrected chi connectivity index (χ3v) is 5.33. The Hall–Kier alpha value is -1.68. The highest BCUT2D eigenvalue weighted by molar-refractivity contribution is 7.10. The van der Waals surface area contributed by atoms with Crippen molar-refractivity contribution in [3.05, 3.63) is 58.0 Å². The zero-order valence-corrected chi connectivity index (χ0v) is 13.5. The van der Waals surface area contributed by atoms with Gasteiger partial charge in [0.1, 0.15) is 5.82 Å². The summed E-state index contributed by atoms with van der Waals surface area (Å²) in [5.74, 6) is -0.317. The van der Waals surface area contributed by atoms with Crippen molar-refractivity contribution in [2.24, 2.45) is 0 Å². The lowest BCUT2D eigenvalue weighted by atomic mass is 9.93. The first-order chi connectivity index (χ1) is 10.7. The predicted molar refractivity (Wildman–Crippen MR) is 87.4 cm³/mol. The summed E-state index contributed by atoms with van der Waals surface area (Å²) < 4.78 is 14.1. The number of hydrogen-bond acceptors (Lipinski definition) is 2. The Bertz CT molecular complexity index is 649. The van der Waals surface area contributed by atoms with Gasteiger partial charge in [-0.05, 0) is 36.8 Å². The molecule has 116 valence electrons. The van der Waals surface area contributed by atoms with Crippen LogP contribution in [0.5, 0.6) is 0 Å². The Kier molecular flexibility index (Phi) is 4.30. The molecule has 1 aromatic heterocycles. The highest BCUT2D eigenvalue weighted by atomic mass is 32.1. The van der Waals surface area contributed by atoms with Gasteiger partial charge in [0.05, 0.1) is 11.5 Å². The van der Waals surface area contributed by atoms with Crippen LogP contribution < -0.4 is 5.32 Å². The van der Waals surface area contributed by atoms with E-state index in [1.807, 2.05) is 17.5 Å². The number of carbonyl (C=O) groups excluding carboxylic acids is 1. The quantitative estimate of drug-likeness (QED) is 0.830. The predicted octanol–water partition coefficient (Wildman–Crippen LogP) is 4.58. The van der Waals surface area contributed by atoms with E-state index in [0.717, 1.165) is 25.7 Å². The summed E-state index contributed by atoms with van der Waals surface area (Å²) in [7, 11) is 0.